The van der Waals surface area contributed by atoms with E-state index >= 15 is 0 Å². The van der Waals surface area contributed by atoms with Crippen molar-refractivity contribution in [3.8, 4) is 16.9 Å². The minimum atomic E-state index is -4.79. The van der Waals surface area contributed by atoms with Crippen LogP contribution in [0.3, 0.4) is 0 Å². The number of allylic oxidation sites excluding steroid dienone is 1. The molecule has 0 heterocycles. The molecule has 2 aromatic rings. The van der Waals surface area contributed by atoms with Crippen LogP contribution in [-0.2, 0) is 16.1 Å². The predicted molar refractivity (Wildman–Crippen MR) is 120 cm³/mol. The number of carbonyl (C=O) groups is 1. The summed E-state index contributed by atoms with van der Waals surface area (Å²) in [4.78, 5) is 12.6. The highest BCUT2D eigenvalue weighted by molar-refractivity contribution is 9.28. The van der Waals surface area contributed by atoms with Gasteiger partial charge in [-0.3, -0.25) is 4.79 Å². The highest BCUT2D eigenvalue weighted by atomic mass is 79.9. The molecule has 8 heteroatoms. The van der Waals surface area contributed by atoms with Gasteiger partial charge in [0, 0.05) is 5.56 Å². The smallest absolute Gasteiger partial charge is 0.461 e. The Kier molecular flexibility index (Phi) is 6.91. The lowest BCUT2D eigenvalue weighted by Gasteiger charge is -2.16. The van der Waals surface area contributed by atoms with Gasteiger partial charge in [0.05, 0.1) is 9.31 Å². The van der Waals surface area contributed by atoms with Gasteiger partial charge in [-0.05, 0) is 72.9 Å². The summed E-state index contributed by atoms with van der Waals surface area (Å²) in [5, 5.41) is 0. The van der Waals surface area contributed by atoms with Crippen molar-refractivity contribution in [2.75, 3.05) is 0 Å². The molecule has 0 radical (unpaired) electrons. The Labute approximate surface area is 195 Å². The van der Waals surface area contributed by atoms with E-state index in [1.807, 2.05) is 19.9 Å². The number of rotatable bonds is 6. The number of carbonyl (C=O) groups excluding carboxylic acids is 1. The minimum absolute atomic E-state index is 0.0410. The predicted octanol–water partition coefficient (Wildman–Crippen LogP) is 7.51. The zero-order valence-electron chi connectivity index (χ0n) is 17.1. The summed E-state index contributed by atoms with van der Waals surface area (Å²) < 4.78 is 48.9. The molecule has 2 unspecified atom stereocenters. The van der Waals surface area contributed by atoms with Crippen molar-refractivity contribution in [3.63, 3.8) is 0 Å². The molecule has 31 heavy (non-hydrogen) atoms. The van der Waals surface area contributed by atoms with Gasteiger partial charge in [0.2, 0.25) is 0 Å². The summed E-state index contributed by atoms with van der Waals surface area (Å²) in [6.45, 7) is 5.84. The van der Waals surface area contributed by atoms with Crippen molar-refractivity contribution in [1.82, 2.24) is 0 Å². The first-order valence-corrected chi connectivity index (χ1v) is 11.1. The summed E-state index contributed by atoms with van der Waals surface area (Å²) in [6, 6.07) is 11.2. The number of ether oxygens (including phenoxy) is 2. The number of halogens is 5. The lowest BCUT2D eigenvalue weighted by atomic mass is 9.96. The molecular formula is C23H21Br2F3O3. The average Bonchev–Trinajstić information content (AvgIpc) is 3.19. The Morgan fingerprint density at radius 2 is 1.74 bits per heavy atom. The maximum atomic E-state index is 12.8. The van der Waals surface area contributed by atoms with Crippen LogP contribution in [0, 0.1) is 24.2 Å². The minimum Gasteiger partial charge on any atom is -0.461 e. The van der Waals surface area contributed by atoms with Crippen LogP contribution < -0.4 is 4.74 Å². The van der Waals surface area contributed by atoms with Gasteiger partial charge >= 0.3 is 12.3 Å². The maximum Gasteiger partial charge on any atom is 0.573 e. The number of hydrogen-bond acceptors (Lipinski definition) is 3. The van der Waals surface area contributed by atoms with Gasteiger partial charge in [0.15, 0.2) is 0 Å². The molecule has 1 aliphatic rings. The first-order chi connectivity index (χ1) is 14.4. The van der Waals surface area contributed by atoms with E-state index in [2.05, 4.69) is 36.6 Å². The Balaban J connectivity index is 1.79. The van der Waals surface area contributed by atoms with Crippen molar-refractivity contribution in [1.29, 1.82) is 0 Å². The standard InChI is InChI=1S/C23H21Br2F3O3/c1-13-14(12-30-21(29)20-17(11-19(24)25)22(20,2)3)7-6-9-15(13)16-8-4-5-10-18(16)31-23(26,27)28/h4-11,17,20H,12H2,1-3H3. The fourth-order valence-corrected chi connectivity index (χ4v) is 4.42. The lowest BCUT2D eigenvalue weighted by Crippen LogP contribution is -2.17. The molecule has 3 nitrogen and oxygen atoms in total. The van der Waals surface area contributed by atoms with Gasteiger partial charge in [0.25, 0.3) is 0 Å². The lowest BCUT2D eigenvalue weighted by molar-refractivity contribution is -0.274. The Bertz CT molecular complexity index is 1010. The van der Waals surface area contributed by atoms with E-state index in [0.717, 1.165) is 14.5 Å². The molecule has 0 amide bonds. The molecule has 0 spiro atoms. The summed E-state index contributed by atoms with van der Waals surface area (Å²) in [7, 11) is 0. The molecule has 1 fully saturated rings. The highest BCUT2D eigenvalue weighted by Gasteiger charge is 2.61. The van der Waals surface area contributed by atoms with E-state index in [1.165, 1.54) is 12.1 Å². The third kappa shape index (κ3) is 5.52. The molecule has 0 bridgehead atoms. The molecule has 2 aromatic carbocycles. The molecule has 2 atom stereocenters. The number of esters is 1. The topological polar surface area (TPSA) is 35.5 Å². The van der Waals surface area contributed by atoms with E-state index in [-0.39, 0.29) is 35.6 Å². The average molecular weight is 562 g/mol. The number of hydrogen-bond donors (Lipinski definition) is 0. The molecule has 166 valence electrons. The molecule has 3 rings (SSSR count). The summed E-state index contributed by atoms with van der Waals surface area (Å²) in [6.07, 6.45) is -2.85. The number of para-hydroxylation sites is 1. The summed E-state index contributed by atoms with van der Waals surface area (Å²) >= 11 is 6.66. The van der Waals surface area contributed by atoms with E-state index in [4.69, 9.17) is 4.74 Å². The van der Waals surface area contributed by atoms with Crippen LogP contribution >= 0.6 is 31.9 Å². The Morgan fingerprint density at radius 3 is 2.39 bits per heavy atom. The Hall–Kier alpha value is -1.80. The van der Waals surface area contributed by atoms with Gasteiger partial charge in [-0.25, -0.2) is 0 Å². The van der Waals surface area contributed by atoms with Crippen molar-refractivity contribution >= 4 is 37.8 Å². The molecule has 0 aromatic heterocycles. The zero-order chi connectivity index (χ0) is 23.0. The van der Waals surface area contributed by atoms with Crippen LogP contribution in [0.15, 0.2) is 51.9 Å². The summed E-state index contributed by atoms with van der Waals surface area (Å²) in [5.74, 6) is -0.755. The second-order valence-corrected chi connectivity index (χ2v) is 10.8. The molecule has 0 saturated heterocycles. The second kappa shape index (κ2) is 8.98. The molecule has 0 N–H and O–H groups in total. The summed E-state index contributed by atoms with van der Waals surface area (Å²) in [5.41, 5.74) is 2.16. The monoisotopic (exact) mass is 560 g/mol. The Morgan fingerprint density at radius 1 is 1.10 bits per heavy atom. The molecule has 1 aliphatic carbocycles. The zero-order valence-corrected chi connectivity index (χ0v) is 20.3. The SMILES string of the molecule is Cc1c(COC(=O)C2C(C=C(Br)Br)C2(C)C)cccc1-c1ccccc1OC(F)(F)F. The van der Waals surface area contributed by atoms with Crippen LogP contribution in [0.2, 0.25) is 0 Å². The van der Waals surface area contributed by atoms with Gasteiger partial charge in [-0.2, -0.15) is 0 Å². The highest BCUT2D eigenvalue weighted by Crippen LogP contribution is 2.60. The molecule has 1 saturated carbocycles. The number of benzene rings is 2. The van der Waals surface area contributed by atoms with Crippen molar-refractivity contribution < 1.29 is 27.4 Å². The third-order valence-corrected chi connectivity index (χ3v) is 6.22. The fraction of sp³-hybridized carbons (Fsp3) is 0.348. The van der Waals surface area contributed by atoms with Crippen molar-refractivity contribution in [3.05, 3.63) is 63.1 Å². The normalized spacial score (nSPS) is 19.5. The van der Waals surface area contributed by atoms with Crippen LogP contribution in [0.1, 0.15) is 25.0 Å². The van der Waals surface area contributed by atoms with Gasteiger partial charge in [-0.1, -0.05) is 56.3 Å². The van der Waals surface area contributed by atoms with Crippen LogP contribution in [0.25, 0.3) is 11.1 Å². The third-order valence-electron chi connectivity index (χ3n) is 5.69. The quantitative estimate of drug-likeness (QED) is 0.342. The van der Waals surface area contributed by atoms with Gasteiger partial charge in [0.1, 0.15) is 12.4 Å². The van der Waals surface area contributed by atoms with Crippen LogP contribution in [0.4, 0.5) is 13.2 Å². The van der Waals surface area contributed by atoms with E-state index in [1.54, 1.807) is 37.3 Å². The van der Waals surface area contributed by atoms with Crippen molar-refractivity contribution in [2.24, 2.45) is 17.3 Å². The second-order valence-electron chi connectivity index (χ2n) is 8.02. The van der Waals surface area contributed by atoms with E-state index < -0.39 is 6.36 Å². The number of alkyl halides is 3. The maximum absolute atomic E-state index is 12.8. The van der Waals surface area contributed by atoms with Crippen molar-refractivity contribution in [2.45, 2.75) is 33.7 Å². The van der Waals surface area contributed by atoms with Gasteiger partial charge in [-0.15, -0.1) is 13.2 Å². The van der Waals surface area contributed by atoms with Crippen LogP contribution in [-0.4, -0.2) is 12.3 Å². The largest absolute Gasteiger partial charge is 0.573 e. The fourth-order valence-electron chi connectivity index (χ4n) is 3.85. The first kappa shape index (κ1) is 23.9. The molecule has 0 aliphatic heterocycles. The van der Waals surface area contributed by atoms with E-state index in [9.17, 15) is 18.0 Å². The first-order valence-electron chi connectivity index (χ1n) is 9.55. The van der Waals surface area contributed by atoms with Crippen LogP contribution in [0.5, 0.6) is 5.75 Å². The van der Waals surface area contributed by atoms with E-state index in [0.29, 0.717) is 11.1 Å². The van der Waals surface area contributed by atoms with Gasteiger partial charge < -0.3 is 9.47 Å². The molecular weight excluding hydrogens is 541 g/mol.